The number of likely N-dealkylation sites (tertiary alicyclic amines) is 1. The molecule has 2 rings (SSSR count). The lowest BCUT2D eigenvalue weighted by atomic mass is 10.1. The standard InChI is InChI=1S/C10H19N3.C2H6/c1-9-3-8-13(11-9)10-4-6-12(2)7-5-10;1-2/h10H,3-8H2,1-2H3;1-2H3. The second-order valence-electron chi connectivity index (χ2n) is 4.28. The summed E-state index contributed by atoms with van der Waals surface area (Å²) in [6.45, 7) is 9.75. The zero-order valence-electron chi connectivity index (χ0n) is 10.7. The number of hydrazone groups is 1. The lowest BCUT2D eigenvalue weighted by molar-refractivity contribution is 0.135. The summed E-state index contributed by atoms with van der Waals surface area (Å²) in [5, 5.41) is 6.88. The minimum Gasteiger partial charge on any atom is -0.306 e. The van der Waals surface area contributed by atoms with Crippen molar-refractivity contribution in [1.29, 1.82) is 0 Å². The number of piperidine rings is 1. The topological polar surface area (TPSA) is 18.8 Å². The van der Waals surface area contributed by atoms with E-state index in [1.807, 2.05) is 13.8 Å². The summed E-state index contributed by atoms with van der Waals surface area (Å²) in [6, 6.07) is 0.716. The van der Waals surface area contributed by atoms with Crippen LogP contribution in [0.4, 0.5) is 0 Å². The van der Waals surface area contributed by atoms with E-state index >= 15 is 0 Å². The van der Waals surface area contributed by atoms with Gasteiger partial charge in [-0.05, 0) is 39.9 Å². The Morgan fingerprint density at radius 1 is 1.13 bits per heavy atom. The monoisotopic (exact) mass is 211 g/mol. The highest BCUT2D eigenvalue weighted by Gasteiger charge is 2.24. The van der Waals surface area contributed by atoms with Gasteiger partial charge in [0.15, 0.2) is 0 Å². The van der Waals surface area contributed by atoms with Gasteiger partial charge in [-0.1, -0.05) is 13.8 Å². The van der Waals surface area contributed by atoms with Crippen molar-refractivity contribution in [3.8, 4) is 0 Å². The third kappa shape index (κ3) is 3.49. The predicted octanol–water partition coefficient (Wildman–Crippen LogP) is 2.19. The Balaban J connectivity index is 0.000000531. The van der Waals surface area contributed by atoms with Crippen molar-refractivity contribution in [2.24, 2.45) is 5.10 Å². The minimum atomic E-state index is 0.716. The molecule has 0 aliphatic carbocycles. The molecule has 2 aliphatic rings. The van der Waals surface area contributed by atoms with Crippen LogP contribution in [0.2, 0.25) is 0 Å². The zero-order chi connectivity index (χ0) is 11.3. The number of nitrogens with zero attached hydrogens (tertiary/aromatic N) is 3. The Morgan fingerprint density at radius 3 is 2.20 bits per heavy atom. The third-order valence-corrected chi connectivity index (χ3v) is 3.11. The molecular weight excluding hydrogens is 186 g/mol. The van der Waals surface area contributed by atoms with Gasteiger partial charge in [-0.15, -0.1) is 0 Å². The predicted molar refractivity (Wildman–Crippen MR) is 66.3 cm³/mol. The van der Waals surface area contributed by atoms with E-state index in [1.54, 1.807) is 0 Å². The number of hydrogen-bond donors (Lipinski definition) is 0. The van der Waals surface area contributed by atoms with E-state index in [4.69, 9.17) is 0 Å². The molecule has 2 heterocycles. The van der Waals surface area contributed by atoms with E-state index in [-0.39, 0.29) is 0 Å². The summed E-state index contributed by atoms with van der Waals surface area (Å²) in [4.78, 5) is 2.41. The molecular formula is C12H25N3. The van der Waals surface area contributed by atoms with Gasteiger partial charge in [0.05, 0.1) is 0 Å². The Morgan fingerprint density at radius 2 is 1.73 bits per heavy atom. The van der Waals surface area contributed by atoms with E-state index in [2.05, 4.69) is 29.0 Å². The average Bonchev–Trinajstić information content (AvgIpc) is 2.69. The summed E-state index contributed by atoms with van der Waals surface area (Å²) in [5.41, 5.74) is 1.30. The maximum atomic E-state index is 4.57. The third-order valence-electron chi connectivity index (χ3n) is 3.11. The van der Waals surface area contributed by atoms with Crippen LogP contribution in [0.25, 0.3) is 0 Å². The summed E-state index contributed by atoms with van der Waals surface area (Å²) < 4.78 is 0. The van der Waals surface area contributed by atoms with Crippen LogP contribution in [0.1, 0.15) is 40.0 Å². The highest BCUT2D eigenvalue weighted by Crippen LogP contribution is 2.19. The molecule has 0 spiro atoms. The first-order valence-corrected chi connectivity index (χ1v) is 6.25. The molecule has 0 aromatic heterocycles. The van der Waals surface area contributed by atoms with Crippen molar-refractivity contribution in [2.45, 2.75) is 46.1 Å². The van der Waals surface area contributed by atoms with Gasteiger partial charge in [0.25, 0.3) is 0 Å². The molecule has 1 saturated heterocycles. The van der Waals surface area contributed by atoms with E-state index < -0.39 is 0 Å². The minimum absolute atomic E-state index is 0.716. The van der Waals surface area contributed by atoms with Crippen LogP contribution >= 0.6 is 0 Å². The van der Waals surface area contributed by atoms with Gasteiger partial charge >= 0.3 is 0 Å². The molecule has 0 amide bonds. The Kier molecular flexibility index (Phi) is 5.09. The summed E-state index contributed by atoms with van der Waals surface area (Å²) in [6.07, 6.45) is 3.74. The first-order chi connectivity index (χ1) is 7.25. The van der Waals surface area contributed by atoms with E-state index in [0.29, 0.717) is 6.04 Å². The van der Waals surface area contributed by atoms with Crippen LogP contribution < -0.4 is 0 Å². The fourth-order valence-electron chi connectivity index (χ4n) is 2.15. The van der Waals surface area contributed by atoms with Crippen molar-refractivity contribution in [3.63, 3.8) is 0 Å². The Hall–Kier alpha value is -0.570. The highest BCUT2D eigenvalue weighted by molar-refractivity contribution is 5.83. The normalized spacial score (nSPS) is 23.5. The molecule has 0 aromatic carbocycles. The van der Waals surface area contributed by atoms with Gasteiger partial charge in [-0.25, -0.2) is 0 Å². The number of hydrogen-bond acceptors (Lipinski definition) is 3. The molecule has 1 fully saturated rings. The lowest BCUT2D eigenvalue weighted by Crippen LogP contribution is -2.40. The zero-order valence-corrected chi connectivity index (χ0v) is 10.7. The molecule has 88 valence electrons. The molecule has 0 atom stereocenters. The van der Waals surface area contributed by atoms with E-state index in [9.17, 15) is 0 Å². The van der Waals surface area contributed by atoms with Crippen LogP contribution in [0.15, 0.2) is 5.10 Å². The van der Waals surface area contributed by atoms with Gasteiger partial charge in [-0.2, -0.15) is 5.10 Å². The molecule has 15 heavy (non-hydrogen) atoms. The van der Waals surface area contributed by atoms with Crippen molar-refractivity contribution in [1.82, 2.24) is 9.91 Å². The smallest absolute Gasteiger partial charge is 0.0495 e. The van der Waals surface area contributed by atoms with Crippen molar-refractivity contribution >= 4 is 5.71 Å². The summed E-state index contributed by atoms with van der Waals surface area (Å²) in [5.74, 6) is 0. The molecule has 0 N–H and O–H groups in total. The first kappa shape index (κ1) is 12.5. The van der Waals surface area contributed by atoms with Crippen molar-refractivity contribution in [2.75, 3.05) is 26.7 Å². The van der Waals surface area contributed by atoms with Crippen LogP contribution in [0, 0.1) is 0 Å². The van der Waals surface area contributed by atoms with Crippen molar-refractivity contribution in [3.05, 3.63) is 0 Å². The van der Waals surface area contributed by atoms with E-state index in [0.717, 1.165) is 6.54 Å². The van der Waals surface area contributed by atoms with Gasteiger partial charge in [0.1, 0.15) is 0 Å². The molecule has 0 aromatic rings. The lowest BCUT2D eigenvalue weighted by Gasteiger charge is -2.33. The molecule has 3 nitrogen and oxygen atoms in total. The number of rotatable bonds is 1. The van der Waals surface area contributed by atoms with Crippen molar-refractivity contribution < 1.29 is 0 Å². The molecule has 3 heteroatoms. The maximum Gasteiger partial charge on any atom is 0.0495 e. The van der Waals surface area contributed by atoms with Gasteiger partial charge in [0, 0.05) is 24.7 Å². The maximum absolute atomic E-state index is 4.57. The van der Waals surface area contributed by atoms with E-state index in [1.165, 1.54) is 38.1 Å². The molecule has 0 saturated carbocycles. The van der Waals surface area contributed by atoms with Gasteiger partial charge in [-0.3, -0.25) is 5.01 Å². The van der Waals surface area contributed by atoms with Crippen LogP contribution in [0.3, 0.4) is 0 Å². The molecule has 2 aliphatic heterocycles. The van der Waals surface area contributed by atoms with Gasteiger partial charge in [0.2, 0.25) is 0 Å². The largest absolute Gasteiger partial charge is 0.306 e. The summed E-state index contributed by atoms with van der Waals surface area (Å²) in [7, 11) is 2.20. The average molecular weight is 211 g/mol. The first-order valence-electron chi connectivity index (χ1n) is 6.25. The fraction of sp³-hybridized carbons (Fsp3) is 0.917. The van der Waals surface area contributed by atoms with Gasteiger partial charge < -0.3 is 4.90 Å². The van der Waals surface area contributed by atoms with Crippen LogP contribution in [-0.2, 0) is 0 Å². The molecule has 0 bridgehead atoms. The second-order valence-corrected chi connectivity index (χ2v) is 4.28. The fourth-order valence-corrected chi connectivity index (χ4v) is 2.15. The molecule has 0 radical (unpaired) electrons. The highest BCUT2D eigenvalue weighted by atomic mass is 15.5. The molecule has 0 unspecified atom stereocenters. The van der Waals surface area contributed by atoms with Crippen LogP contribution in [-0.4, -0.2) is 48.3 Å². The second kappa shape index (κ2) is 6.11. The summed E-state index contributed by atoms with van der Waals surface area (Å²) >= 11 is 0. The van der Waals surface area contributed by atoms with Crippen LogP contribution in [0.5, 0.6) is 0 Å². The Labute approximate surface area is 94.1 Å². The Bertz CT molecular complexity index is 205. The quantitative estimate of drug-likeness (QED) is 0.662. The SMILES string of the molecule is CC.CC1=NN(C2CCN(C)CC2)CC1.